The van der Waals surface area contributed by atoms with Gasteiger partial charge in [-0.3, -0.25) is 0 Å². The largest absolute Gasteiger partial charge is 0.358 e. The molecule has 4 heteroatoms. The molecule has 2 aromatic heterocycles. The van der Waals surface area contributed by atoms with Crippen LogP contribution in [0.3, 0.4) is 0 Å². The van der Waals surface area contributed by atoms with Crippen molar-refractivity contribution in [2.75, 3.05) is 0 Å². The van der Waals surface area contributed by atoms with Gasteiger partial charge in [0.05, 0.1) is 5.69 Å². The number of nitrogens with zero attached hydrogens (tertiary/aromatic N) is 2. The first kappa shape index (κ1) is 13.1. The number of benzene rings is 1. The van der Waals surface area contributed by atoms with Crippen molar-refractivity contribution in [2.45, 2.75) is 38.6 Å². The Hall–Kier alpha value is -1.55. The number of aromatic amines is 1. The summed E-state index contributed by atoms with van der Waals surface area (Å²) < 4.78 is 3.45. The van der Waals surface area contributed by atoms with Crippen LogP contribution in [0.15, 0.2) is 34.9 Å². The van der Waals surface area contributed by atoms with Gasteiger partial charge in [0.1, 0.15) is 5.82 Å². The minimum Gasteiger partial charge on any atom is -0.358 e. The molecule has 0 amide bonds. The second-order valence-corrected chi connectivity index (χ2v) is 6.74. The summed E-state index contributed by atoms with van der Waals surface area (Å²) in [6.45, 7) is 1.14. The fourth-order valence-electron chi connectivity index (χ4n) is 3.15. The van der Waals surface area contributed by atoms with Crippen molar-refractivity contribution in [1.82, 2.24) is 14.5 Å². The van der Waals surface area contributed by atoms with E-state index in [0.717, 1.165) is 30.3 Å². The zero-order chi connectivity index (χ0) is 14.2. The number of hydrogen-bond acceptors (Lipinski definition) is 1. The fraction of sp³-hybridized carbons (Fsp3) is 0.353. The Kier molecular flexibility index (Phi) is 3.34. The van der Waals surface area contributed by atoms with Crippen LogP contribution in [0.5, 0.6) is 0 Å². The summed E-state index contributed by atoms with van der Waals surface area (Å²) in [4.78, 5) is 8.28. The highest BCUT2D eigenvalue weighted by molar-refractivity contribution is 9.10. The highest BCUT2D eigenvalue weighted by atomic mass is 79.9. The van der Waals surface area contributed by atoms with Crippen molar-refractivity contribution in [3.05, 3.63) is 52.1 Å². The first-order chi connectivity index (χ1) is 10.3. The van der Waals surface area contributed by atoms with Crippen LogP contribution >= 0.6 is 15.9 Å². The molecule has 0 saturated carbocycles. The molecule has 0 bridgehead atoms. The molecule has 0 saturated heterocycles. The smallest absolute Gasteiger partial charge is 0.108 e. The van der Waals surface area contributed by atoms with Crippen molar-refractivity contribution in [1.29, 1.82) is 0 Å². The van der Waals surface area contributed by atoms with E-state index >= 15 is 0 Å². The van der Waals surface area contributed by atoms with E-state index in [1.165, 1.54) is 41.0 Å². The van der Waals surface area contributed by atoms with Crippen LogP contribution < -0.4 is 0 Å². The van der Waals surface area contributed by atoms with Gasteiger partial charge in [-0.2, -0.15) is 0 Å². The highest BCUT2D eigenvalue weighted by Crippen LogP contribution is 2.21. The van der Waals surface area contributed by atoms with E-state index in [9.17, 15) is 0 Å². The van der Waals surface area contributed by atoms with Gasteiger partial charge in [0, 0.05) is 34.8 Å². The van der Waals surface area contributed by atoms with Gasteiger partial charge in [0.25, 0.3) is 0 Å². The molecule has 0 spiro atoms. The minimum atomic E-state index is 1.01. The summed E-state index contributed by atoms with van der Waals surface area (Å²) in [5.74, 6) is 1.27. The van der Waals surface area contributed by atoms with Crippen molar-refractivity contribution in [3.8, 4) is 0 Å². The lowest BCUT2D eigenvalue weighted by Gasteiger charge is -2.11. The molecule has 21 heavy (non-hydrogen) atoms. The normalized spacial score (nSPS) is 14.5. The Balaban J connectivity index is 1.51. The lowest BCUT2D eigenvalue weighted by atomic mass is 10.2. The third kappa shape index (κ3) is 2.64. The second kappa shape index (κ2) is 5.34. The fourth-order valence-corrected chi connectivity index (χ4v) is 3.51. The highest BCUT2D eigenvalue weighted by Gasteiger charge is 2.12. The van der Waals surface area contributed by atoms with Gasteiger partial charge in [-0.25, -0.2) is 4.98 Å². The Morgan fingerprint density at radius 1 is 1.19 bits per heavy atom. The second-order valence-electron chi connectivity index (χ2n) is 5.83. The summed E-state index contributed by atoms with van der Waals surface area (Å²) in [7, 11) is 0. The third-order valence-electron chi connectivity index (χ3n) is 4.25. The standard InChI is InChI=1S/C17H18BrN3/c18-13-5-4-12-9-14(19-16(12)10-13)6-7-15-11-21-8-2-1-3-17(21)20-15/h4-5,9-11,19H,1-3,6-8H2. The van der Waals surface area contributed by atoms with E-state index in [1.54, 1.807) is 0 Å². The molecule has 108 valence electrons. The minimum absolute atomic E-state index is 1.01. The van der Waals surface area contributed by atoms with Crippen molar-refractivity contribution < 1.29 is 0 Å². The lowest BCUT2D eigenvalue weighted by molar-refractivity contribution is 0.522. The maximum atomic E-state index is 4.78. The van der Waals surface area contributed by atoms with E-state index < -0.39 is 0 Å². The molecule has 1 aliphatic rings. The predicted molar refractivity (Wildman–Crippen MR) is 88.6 cm³/mol. The summed E-state index contributed by atoms with van der Waals surface area (Å²) in [5.41, 5.74) is 3.71. The SMILES string of the molecule is Brc1ccc2cc(CCc3cn4c(n3)CCCC4)[nH]c2c1. The molecule has 0 fully saturated rings. The molecule has 1 aliphatic heterocycles. The molecule has 0 aliphatic carbocycles. The maximum Gasteiger partial charge on any atom is 0.108 e. The molecule has 0 atom stereocenters. The van der Waals surface area contributed by atoms with Gasteiger partial charge < -0.3 is 9.55 Å². The number of H-pyrrole nitrogens is 1. The summed E-state index contributed by atoms with van der Waals surface area (Å²) >= 11 is 3.52. The Labute approximate surface area is 132 Å². The number of imidazole rings is 1. The van der Waals surface area contributed by atoms with Gasteiger partial charge >= 0.3 is 0 Å². The van der Waals surface area contributed by atoms with Crippen LogP contribution in [0, 0.1) is 0 Å². The van der Waals surface area contributed by atoms with E-state index in [4.69, 9.17) is 4.98 Å². The topological polar surface area (TPSA) is 33.6 Å². The van der Waals surface area contributed by atoms with E-state index in [-0.39, 0.29) is 0 Å². The average Bonchev–Trinajstić information content (AvgIpc) is 3.07. The molecular formula is C17H18BrN3. The van der Waals surface area contributed by atoms with Crippen LogP contribution in [0.25, 0.3) is 10.9 Å². The van der Waals surface area contributed by atoms with Crippen LogP contribution in [-0.2, 0) is 25.8 Å². The number of aromatic nitrogens is 3. The van der Waals surface area contributed by atoms with Crippen molar-refractivity contribution in [3.63, 3.8) is 0 Å². The molecule has 1 N–H and O–H groups in total. The van der Waals surface area contributed by atoms with E-state index in [1.807, 2.05) is 0 Å². The molecule has 1 aromatic carbocycles. The Morgan fingerprint density at radius 3 is 3.05 bits per heavy atom. The summed E-state index contributed by atoms with van der Waals surface area (Å²) in [6.07, 6.45) is 7.98. The monoisotopic (exact) mass is 343 g/mol. The van der Waals surface area contributed by atoms with Gasteiger partial charge in [0.15, 0.2) is 0 Å². The van der Waals surface area contributed by atoms with Crippen LogP contribution in [0.1, 0.15) is 30.1 Å². The summed E-state index contributed by atoms with van der Waals surface area (Å²) in [5, 5.41) is 1.28. The number of rotatable bonds is 3. The van der Waals surface area contributed by atoms with Gasteiger partial charge in [-0.05, 0) is 49.3 Å². The van der Waals surface area contributed by atoms with Crippen LogP contribution in [0.2, 0.25) is 0 Å². The van der Waals surface area contributed by atoms with Crippen LogP contribution in [-0.4, -0.2) is 14.5 Å². The van der Waals surface area contributed by atoms with Gasteiger partial charge in [-0.1, -0.05) is 22.0 Å². The third-order valence-corrected chi connectivity index (χ3v) is 4.74. The zero-order valence-corrected chi connectivity index (χ0v) is 13.5. The lowest BCUT2D eigenvalue weighted by Crippen LogP contribution is -2.08. The number of nitrogens with one attached hydrogen (secondary N) is 1. The Morgan fingerprint density at radius 2 is 2.14 bits per heavy atom. The van der Waals surface area contributed by atoms with Gasteiger partial charge in [0.2, 0.25) is 0 Å². The maximum absolute atomic E-state index is 4.78. The quantitative estimate of drug-likeness (QED) is 0.757. The number of aryl methyl sites for hydroxylation is 4. The molecule has 0 radical (unpaired) electrons. The van der Waals surface area contributed by atoms with Crippen LogP contribution in [0.4, 0.5) is 0 Å². The number of halogens is 1. The molecule has 3 heterocycles. The summed E-state index contributed by atoms with van der Waals surface area (Å²) in [6, 6.07) is 8.62. The Bertz CT molecular complexity index is 761. The molecule has 3 aromatic rings. The molecule has 4 rings (SSSR count). The van der Waals surface area contributed by atoms with E-state index in [0.29, 0.717) is 0 Å². The molecule has 3 nitrogen and oxygen atoms in total. The average molecular weight is 344 g/mol. The first-order valence-electron chi connectivity index (χ1n) is 7.60. The first-order valence-corrected chi connectivity index (χ1v) is 8.39. The molecular weight excluding hydrogens is 326 g/mol. The predicted octanol–water partition coefficient (Wildman–Crippen LogP) is 4.25. The van der Waals surface area contributed by atoms with Crippen molar-refractivity contribution in [2.24, 2.45) is 0 Å². The number of fused-ring (bicyclic) bond motifs is 2. The zero-order valence-electron chi connectivity index (χ0n) is 11.9. The van der Waals surface area contributed by atoms with E-state index in [2.05, 4.69) is 55.9 Å². The van der Waals surface area contributed by atoms with Gasteiger partial charge in [-0.15, -0.1) is 0 Å². The molecule has 0 unspecified atom stereocenters. The number of hydrogen-bond donors (Lipinski definition) is 1. The van der Waals surface area contributed by atoms with Crippen molar-refractivity contribution >= 4 is 26.8 Å².